The van der Waals surface area contributed by atoms with Crippen molar-refractivity contribution in [2.45, 2.75) is 77.4 Å². The molecule has 0 spiro atoms. The van der Waals surface area contributed by atoms with Crippen LogP contribution >= 0.6 is 0 Å². The first kappa shape index (κ1) is 30.3. The Bertz CT molecular complexity index is 1850. The van der Waals surface area contributed by atoms with E-state index in [9.17, 15) is 4.79 Å². The van der Waals surface area contributed by atoms with Crippen molar-refractivity contribution in [3.8, 4) is 5.88 Å². The van der Waals surface area contributed by atoms with Gasteiger partial charge >= 0.3 is 5.97 Å². The van der Waals surface area contributed by atoms with E-state index in [1.165, 1.54) is 0 Å². The molecule has 0 aliphatic carbocycles. The number of rotatable bonds is 9. The average molecular weight is 620 g/mol. The van der Waals surface area contributed by atoms with Crippen LogP contribution in [0.4, 0.5) is 0 Å². The van der Waals surface area contributed by atoms with Gasteiger partial charge in [-0.25, -0.2) is 19.7 Å². The van der Waals surface area contributed by atoms with E-state index >= 15 is 0 Å². The van der Waals surface area contributed by atoms with Crippen LogP contribution in [0.25, 0.3) is 21.9 Å². The number of likely N-dealkylation sites (tertiary alicyclic amines) is 1. The van der Waals surface area contributed by atoms with Crippen LogP contribution < -0.4 is 4.74 Å². The average Bonchev–Trinajstić information content (AvgIpc) is 3.37. The van der Waals surface area contributed by atoms with Gasteiger partial charge in [-0.3, -0.25) is 4.90 Å². The zero-order valence-corrected chi connectivity index (χ0v) is 26.8. The number of ether oxygens (including phenoxy) is 3. The normalized spacial score (nSPS) is 17.7. The van der Waals surface area contributed by atoms with E-state index in [0.717, 1.165) is 91.2 Å². The molecular formula is C37H41N5O4. The Morgan fingerprint density at radius 2 is 1.74 bits per heavy atom. The summed E-state index contributed by atoms with van der Waals surface area (Å²) in [5.74, 6) is 1.69. The number of aromatic nitrogens is 4. The first-order valence-electron chi connectivity index (χ1n) is 16.3. The first-order valence-corrected chi connectivity index (χ1v) is 16.3. The fourth-order valence-corrected chi connectivity index (χ4v) is 6.26. The highest BCUT2D eigenvalue weighted by Crippen LogP contribution is 2.30. The van der Waals surface area contributed by atoms with Crippen molar-refractivity contribution in [2.75, 3.05) is 19.7 Å². The summed E-state index contributed by atoms with van der Waals surface area (Å²) >= 11 is 0. The lowest BCUT2D eigenvalue weighted by atomic mass is 9.93. The summed E-state index contributed by atoms with van der Waals surface area (Å²) in [5.41, 5.74) is 4.75. The standard InChI is InChI=1S/C37H41N5O4/c1-37(2,3)46-36(43)27-12-14-32-33(21-27)42(22-29-17-20-44-29)34(39-32)23-41-18-15-26(16-19-41)31-9-6-10-35(40-31)45-24-28-13-11-25-7-4-5-8-30(25)38-28/h4-14,21,26,29H,15-20,22-24H2,1-3H3. The van der Waals surface area contributed by atoms with Crippen LogP contribution in [-0.4, -0.2) is 61.8 Å². The van der Waals surface area contributed by atoms with Gasteiger partial charge in [0.2, 0.25) is 5.88 Å². The van der Waals surface area contributed by atoms with Gasteiger partial charge in [0, 0.05) is 29.7 Å². The number of esters is 1. The summed E-state index contributed by atoms with van der Waals surface area (Å²) in [6, 6.07) is 23.9. The minimum atomic E-state index is -0.553. The van der Waals surface area contributed by atoms with E-state index in [4.69, 9.17) is 29.2 Å². The lowest BCUT2D eigenvalue weighted by Gasteiger charge is -2.32. The molecule has 0 amide bonds. The molecule has 46 heavy (non-hydrogen) atoms. The number of pyridine rings is 2. The van der Waals surface area contributed by atoms with Gasteiger partial charge < -0.3 is 18.8 Å². The van der Waals surface area contributed by atoms with E-state index in [0.29, 0.717) is 24.0 Å². The molecule has 9 heteroatoms. The Morgan fingerprint density at radius 3 is 2.52 bits per heavy atom. The summed E-state index contributed by atoms with van der Waals surface area (Å²) in [6.45, 7) is 10.2. The number of piperidine rings is 1. The van der Waals surface area contributed by atoms with Crippen LogP contribution in [0.5, 0.6) is 5.88 Å². The van der Waals surface area contributed by atoms with Crippen LogP contribution in [-0.2, 0) is 29.2 Å². The summed E-state index contributed by atoms with van der Waals surface area (Å²) in [4.78, 5) is 29.9. The van der Waals surface area contributed by atoms with Gasteiger partial charge in [0.1, 0.15) is 18.0 Å². The maximum atomic E-state index is 12.8. The van der Waals surface area contributed by atoms with Crippen molar-refractivity contribution in [3.63, 3.8) is 0 Å². The van der Waals surface area contributed by atoms with Crippen molar-refractivity contribution in [3.05, 3.63) is 95.6 Å². The second kappa shape index (κ2) is 12.8. The molecule has 0 saturated carbocycles. The van der Waals surface area contributed by atoms with Crippen molar-refractivity contribution < 1.29 is 19.0 Å². The van der Waals surface area contributed by atoms with Gasteiger partial charge in [0.25, 0.3) is 0 Å². The number of hydrogen-bond acceptors (Lipinski definition) is 8. The molecule has 1 unspecified atom stereocenters. The number of fused-ring (bicyclic) bond motifs is 2. The fourth-order valence-electron chi connectivity index (χ4n) is 6.26. The molecule has 3 aromatic heterocycles. The van der Waals surface area contributed by atoms with Crippen molar-refractivity contribution in [1.82, 2.24) is 24.4 Å². The Morgan fingerprint density at radius 1 is 0.913 bits per heavy atom. The Balaban J connectivity index is 1.00. The van der Waals surface area contributed by atoms with Crippen molar-refractivity contribution in [1.29, 1.82) is 0 Å². The molecule has 0 bridgehead atoms. The van der Waals surface area contributed by atoms with E-state index in [-0.39, 0.29) is 12.1 Å². The smallest absolute Gasteiger partial charge is 0.338 e. The van der Waals surface area contributed by atoms with Crippen molar-refractivity contribution in [2.24, 2.45) is 0 Å². The van der Waals surface area contributed by atoms with Gasteiger partial charge in [-0.1, -0.05) is 30.3 Å². The lowest BCUT2D eigenvalue weighted by Crippen LogP contribution is -2.35. The molecule has 2 aromatic carbocycles. The summed E-state index contributed by atoms with van der Waals surface area (Å²) in [5, 5.41) is 1.12. The van der Waals surface area contributed by atoms with E-state index < -0.39 is 5.60 Å². The van der Waals surface area contributed by atoms with Crippen LogP contribution in [0.2, 0.25) is 0 Å². The van der Waals surface area contributed by atoms with Crippen LogP contribution in [0.15, 0.2) is 72.8 Å². The second-order valence-electron chi connectivity index (χ2n) is 13.4. The molecule has 0 N–H and O–H groups in total. The third-order valence-corrected chi connectivity index (χ3v) is 8.78. The Labute approximate surface area is 269 Å². The molecule has 2 saturated heterocycles. The highest BCUT2D eigenvalue weighted by Gasteiger charge is 2.27. The number of benzene rings is 2. The van der Waals surface area contributed by atoms with Crippen LogP contribution in [0.3, 0.4) is 0 Å². The Kier molecular flexibility index (Phi) is 8.44. The van der Waals surface area contributed by atoms with Crippen molar-refractivity contribution >= 4 is 27.9 Å². The number of nitrogens with zero attached hydrogens (tertiary/aromatic N) is 5. The van der Waals surface area contributed by atoms with Gasteiger partial charge in [-0.2, -0.15) is 0 Å². The molecule has 1 atom stereocenters. The zero-order valence-electron chi connectivity index (χ0n) is 26.8. The third-order valence-electron chi connectivity index (χ3n) is 8.78. The van der Waals surface area contributed by atoms with Gasteiger partial charge in [0.15, 0.2) is 0 Å². The number of imidazole rings is 1. The van der Waals surface area contributed by atoms with Crippen LogP contribution in [0, 0.1) is 0 Å². The maximum Gasteiger partial charge on any atom is 0.338 e. The summed E-state index contributed by atoms with van der Waals surface area (Å²) in [7, 11) is 0. The first-order chi connectivity index (χ1) is 22.3. The van der Waals surface area contributed by atoms with Crippen LogP contribution in [0.1, 0.15) is 73.5 Å². The molecular weight excluding hydrogens is 578 g/mol. The monoisotopic (exact) mass is 619 g/mol. The molecule has 5 aromatic rings. The molecule has 2 aliphatic heterocycles. The highest BCUT2D eigenvalue weighted by molar-refractivity contribution is 5.94. The summed E-state index contributed by atoms with van der Waals surface area (Å²) < 4.78 is 19.8. The molecule has 2 fully saturated rings. The van der Waals surface area contributed by atoms with E-state index in [2.05, 4.69) is 27.7 Å². The Hall–Kier alpha value is -4.34. The predicted molar refractivity (Wildman–Crippen MR) is 177 cm³/mol. The largest absolute Gasteiger partial charge is 0.471 e. The zero-order chi connectivity index (χ0) is 31.7. The molecule has 7 rings (SSSR count). The molecule has 0 radical (unpaired) electrons. The molecule has 5 heterocycles. The molecule has 9 nitrogen and oxygen atoms in total. The van der Waals surface area contributed by atoms with Gasteiger partial charge in [-0.15, -0.1) is 0 Å². The maximum absolute atomic E-state index is 12.8. The third kappa shape index (κ3) is 6.90. The molecule has 2 aliphatic rings. The quantitative estimate of drug-likeness (QED) is 0.169. The topological polar surface area (TPSA) is 91.6 Å². The highest BCUT2D eigenvalue weighted by atomic mass is 16.6. The van der Waals surface area contributed by atoms with Gasteiger partial charge in [-0.05, 0) is 89.5 Å². The predicted octanol–water partition coefficient (Wildman–Crippen LogP) is 6.68. The number of para-hydroxylation sites is 1. The van der Waals surface area contributed by atoms with E-state index in [1.54, 1.807) is 0 Å². The SMILES string of the molecule is CC(C)(C)OC(=O)c1ccc2nc(CN3CCC(c4cccc(OCc5ccc6ccccc6n5)n4)CC3)n(CC3CCO3)c2c1. The summed E-state index contributed by atoms with van der Waals surface area (Å²) in [6.07, 6.45) is 3.23. The van der Waals surface area contributed by atoms with Gasteiger partial charge in [0.05, 0.1) is 47.0 Å². The number of carbonyl (C=O) groups excluding carboxylic acids is 1. The number of hydrogen-bond donors (Lipinski definition) is 0. The second-order valence-corrected chi connectivity index (χ2v) is 13.4. The molecule has 238 valence electrons. The van der Waals surface area contributed by atoms with E-state index in [1.807, 2.05) is 75.4 Å². The minimum Gasteiger partial charge on any atom is -0.471 e. The number of carbonyl (C=O) groups is 1. The minimum absolute atomic E-state index is 0.171. The lowest BCUT2D eigenvalue weighted by molar-refractivity contribution is -0.0592. The fraction of sp³-hybridized carbons (Fsp3) is 0.405.